The SMILES string of the molecule is CCOC(=O)CC1(C)C(=O)O[C@H](CC)[C@@](C)(O)[C@H](O)[C@@H](C)N(C)C[C@H](C)CC(C)(O)[C@H](O[C@@H]2O[C@H](C)CC(N(C)C)[C@H]2O)C(C)=C1O. The molecule has 2 rings (SSSR count). The van der Waals surface area contributed by atoms with E-state index in [4.69, 9.17) is 18.9 Å². The summed E-state index contributed by atoms with van der Waals surface area (Å²) in [6.45, 7) is 15.0. The largest absolute Gasteiger partial charge is 0.511 e. The first kappa shape index (κ1) is 41.3. The number of likely N-dealkylation sites (N-methyl/N-ethyl adjacent to an activating group) is 2. The molecule has 2 aliphatic heterocycles. The van der Waals surface area contributed by atoms with Crippen molar-refractivity contribution in [2.45, 2.75) is 148 Å². The molecule has 274 valence electrons. The molecule has 0 bridgehead atoms. The van der Waals surface area contributed by atoms with Crippen LogP contribution in [-0.4, -0.2) is 142 Å². The summed E-state index contributed by atoms with van der Waals surface area (Å²) < 4.78 is 23.5. The number of rotatable bonds is 7. The molecule has 0 aromatic rings. The number of hydrogen-bond acceptors (Lipinski definition) is 13. The fourth-order valence-electron chi connectivity index (χ4n) is 7.15. The van der Waals surface area contributed by atoms with Crippen LogP contribution in [0.25, 0.3) is 0 Å². The van der Waals surface area contributed by atoms with E-state index in [-0.39, 0.29) is 43.1 Å². The summed E-state index contributed by atoms with van der Waals surface area (Å²) in [5.74, 6) is -2.63. The number of carbonyl (C=O) groups excluding carboxylic acids is 2. The molecule has 1 saturated heterocycles. The Balaban J connectivity index is 2.83. The molecule has 5 N–H and O–H groups in total. The maximum atomic E-state index is 14.1. The van der Waals surface area contributed by atoms with Crippen LogP contribution in [0.4, 0.5) is 0 Å². The van der Waals surface area contributed by atoms with E-state index in [1.807, 2.05) is 37.7 Å². The summed E-state index contributed by atoms with van der Waals surface area (Å²) in [7, 11) is 5.46. The van der Waals surface area contributed by atoms with Crippen molar-refractivity contribution in [3.05, 3.63) is 11.3 Å². The summed E-state index contributed by atoms with van der Waals surface area (Å²) in [4.78, 5) is 30.7. The van der Waals surface area contributed by atoms with Gasteiger partial charge < -0.3 is 54.3 Å². The minimum atomic E-state index is -2.05. The minimum Gasteiger partial charge on any atom is -0.511 e. The Bertz CT molecular complexity index is 1100. The number of carbonyl (C=O) groups is 2. The molecular weight excluding hydrogens is 612 g/mol. The first-order valence-electron chi connectivity index (χ1n) is 16.8. The second kappa shape index (κ2) is 16.2. The molecule has 0 aromatic carbocycles. The van der Waals surface area contributed by atoms with Crippen LogP contribution in [0.5, 0.6) is 0 Å². The molecule has 0 amide bonds. The van der Waals surface area contributed by atoms with Crippen LogP contribution in [-0.2, 0) is 28.5 Å². The average Bonchev–Trinajstić information content (AvgIpc) is 2.96. The maximum Gasteiger partial charge on any atom is 0.320 e. The molecular formula is C34H62N2O11. The topological polar surface area (TPSA) is 179 Å². The van der Waals surface area contributed by atoms with Crippen molar-refractivity contribution in [2.24, 2.45) is 11.3 Å². The Morgan fingerprint density at radius 2 is 1.70 bits per heavy atom. The van der Waals surface area contributed by atoms with E-state index < -0.39 is 77.5 Å². The minimum absolute atomic E-state index is 0.0256. The Labute approximate surface area is 280 Å². The van der Waals surface area contributed by atoms with Gasteiger partial charge in [-0.15, -0.1) is 0 Å². The lowest BCUT2D eigenvalue weighted by atomic mass is 9.78. The third-order valence-electron chi connectivity index (χ3n) is 10.0. The number of aliphatic hydroxyl groups excluding tert-OH is 3. The van der Waals surface area contributed by atoms with Crippen LogP contribution in [0.15, 0.2) is 11.3 Å². The van der Waals surface area contributed by atoms with Gasteiger partial charge in [-0.25, -0.2) is 0 Å². The number of cyclic esters (lactones) is 1. The van der Waals surface area contributed by atoms with Crippen molar-refractivity contribution in [1.29, 1.82) is 0 Å². The molecule has 0 aromatic heterocycles. The van der Waals surface area contributed by atoms with E-state index >= 15 is 0 Å². The molecule has 0 radical (unpaired) electrons. The van der Waals surface area contributed by atoms with Gasteiger partial charge in [0.25, 0.3) is 0 Å². The van der Waals surface area contributed by atoms with E-state index in [1.54, 1.807) is 34.7 Å². The van der Waals surface area contributed by atoms with Crippen LogP contribution in [0.1, 0.15) is 88.0 Å². The summed E-state index contributed by atoms with van der Waals surface area (Å²) >= 11 is 0. The van der Waals surface area contributed by atoms with Crippen LogP contribution in [0, 0.1) is 11.3 Å². The number of ether oxygens (including phenoxy) is 4. The smallest absolute Gasteiger partial charge is 0.320 e. The Morgan fingerprint density at radius 1 is 1.11 bits per heavy atom. The van der Waals surface area contributed by atoms with Crippen molar-refractivity contribution in [3.63, 3.8) is 0 Å². The van der Waals surface area contributed by atoms with Crippen LogP contribution in [0.2, 0.25) is 0 Å². The highest BCUT2D eigenvalue weighted by molar-refractivity contribution is 5.86. The zero-order chi connectivity index (χ0) is 36.2. The van der Waals surface area contributed by atoms with Gasteiger partial charge in [0.2, 0.25) is 0 Å². The lowest BCUT2D eigenvalue weighted by Gasteiger charge is -2.45. The van der Waals surface area contributed by atoms with E-state index in [1.165, 1.54) is 20.8 Å². The number of nitrogens with zero attached hydrogens (tertiary/aromatic N) is 2. The normalized spacial score (nSPS) is 42.1. The molecule has 1 fully saturated rings. The zero-order valence-corrected chi connectivity index (χ0v) is 30.5. The highest BCUT2D eigenvalue weighted by atomic mass is 16.7. The summed E-state index contributed by atoms with van der Waals surface area (Å²) in [6, 6.07) is -0.922. The molecule has 0 aliphatic carbocycles. The van der Waals surface area contributed by atoms with Gasteiger partial charge in [-0.05, 0) is 100 Å². The predicted octanol–water partition coefficient (Wildman–Crippen LogP) is 2.13. The van der Waals surface area contributed by atoms with E-state index in [2.05, 4.69) is 0 Å². The standard InChI is InChI=1S/C34H62N2O11/c1-13-24-34(9,43)28(40)22(6)36(12)18-19(3)16-33(8,42)29(47-30-26(38)23(35(10)11)15-20(4)45-30)21(5)27(39)32(7,31(41)46-24)17-25(37)44-14-2/h19-20,22-24,26,28-30,38-40,42-43H,13-18H2,1-12H3/t19-,20-,22-,23?,24-,26-,28-,29-,30+,32?,33?,34-/m1/s1. The third-order valence-corrected chi connectivity index (χ3v) is 10.0. The molecule has 12 atom stereocenters. The van der Waals surface area contributed by atoms with Gasteiger partial charge in [0.05, 0.1) is 24.7 Å². The van der Waals surface area contributed by atoms with Gasteiger partial charge >= 0.3 is 11.9 Å². The molecule has 3 unspecified atom stereocenters. The monoisotopic (exact) mass is 674 g/mol. The number of esters is 2. The lowest BCUT2D eigenvalue weighted by Crippen LogP contribution is -2.59. The van der Waals surface area contributed by atoms with Crippen LogP contribution in [0.3, 0.4) is 0 Å². The van der Waals surface area contributed by atoms with Crippen molar-refractivity contribution in [2.75, 3.05) is 34.3 Å². The summed E-state index contributed by atoms with van der Waals surface area (Å²) in [5.41, 5.74) is -5.64. The predicted molar refractivity (Wildman–Crippen MR) is 175 cm³/mol. The average molecular weight is 675 g/mol. The van der Waals surface area contributed by atoms with Gasteiger partial charge in [-0.3, -0.25) is 9.59 Å². The Morgan fingerprint density at radius 3 is 2.23 bits per heavy atom. The van der Waals surface area contributed by atoms with Gasteiger partial charge in [0.1, 0.15) is 41.2 Å². The Hall–Kier alpha value is -1.84. The lowest BCUT2D eigenvalue weighted by molar-refractivity contribution is -0.281. The van der Waals surface area contributed by atoms with Crippen molar-refractivity contribution in [3.8, 4) is 0 Å². The zero-order valence-electron chi connectivity index (χ0n) is 30.5. The van der Waals surface area contributed by atoms with Crippen LogP contribution >= 0.6 is 0 Å². The van der Waals surface area contributed by atoms with Crippen molar-refractivity contribution >= 4 is 11.9 Å². The third kappa shape index (κ3) is 9.45. The van der Waals surface area contributed by atoms with Gasteiger partial charge in [0.15, 0.2) is 6.29 Å². The molecule has 0 saturated carbocycles. The maximum absolute atomic E-state index is 14.1. The quantitative estimate of drug-likeness (QED) is 0.248. The highest BCUT2D eigenvalue weighted by Gasteiger charge is 2.51. The van der Waals surface area contributed by atoms with Crippen molar-refractivity contribution in [1.82, 2.24) is 9.80 Å². The highest BCUT2D eigenvalue weighted by Crippen LogP contribution is 2.41. The van der Waals surface area contributed by atoms with Gasteiger partial charge in [0, 0.05) is 18.6 Å². The molecule has 47 heavy (non-hydrogen) atoms. The first-order valence-corrected chi connectivity index (χ1v) is 16.8. The van der Waals surface area contributed by atoms with Crippen molar-refractivity contribution < 1.29 is 54.1 Å². The fourth-order valence-corrected chi connectivity index (χ4v) is 7.15. The second-order valence-electron chi connectivity index (χ2n) is 14.8. The number of aliphatic hydroxyl groups is 5. The fraction of sp³-hybridized carbons (Fsp3) is 0.882. The van der Waals surface area contributed by atoms with E-state index in [0.717, 1.165) is 0 Å². The number of hydrogen-bond donors (Lipinski definition) is 5. The van der Waals surface area contributed by atoms with E-state index in [9.17, 15) is 35.1 Å². The summed E-state index contributed by atoms with van der Waals surface area (Å²) in [6.07, 6.45) is -6.38. The summed E-state index contributed by atoms with van der Waals surface area (Å²) in [5, 5.41) is 58.4. The second-order valence-corrected chi connectivity index (χ2v) is 14.8. The van der Waals surface area contributed by atoms with Gasteiger partial charge in [-0.2, -0.15) is 0 Å². The molecule has 0 spiro atoms. The molecule has 2 heterocycles. The molecule has 2 aliphatic rings. The Kier molecular flexibility index (Phi) is 14.3. The molecule has 13 heteroatoms. The van der Waals surface area contributed by atoms with E-state index in [0.29, 0.717) is 13.0 Å². The first-order chi connectivity index (χ1) is 21.5. The van der Waals surface area contributed by atoms with Crippen LogP contribution < -0.4 is 0 Å². The van der Waals surface area contributed by atoms with Gasteiger partial charge in [-0.1, -0.05) is 13.8 Å². The molecule has 13 nitrogen and oxygen atoms in total.